The molecule has 1 aromatic rings. The molecule has 66 valence electrons. The van der Waals surface area contributed by atoms with Crippen molar-refractivity contribution in [3.63, 3.8) is 0 Å². The van der Waals surface area contributed by atoms with Gasteiger partial charge in [0.15, 0.2) is 0 Å². The van der Waals surface area contributed by atoms with Crippen molar-refractivity contribution in [1.29, 1.82) is 0 Å². The molecule has 0 saturated carbocycles. The van der Waals surface area contributed by atoms with Crippen LogP contribution in [0.1, 0.15) is 15.2 Å². The molecule has 0 unspecified atom stereocenters. The highest BCUT2D eigenvalue weighted by molar-refractivity contribution is 7.13. The molecule has 1 rings (SSSR count). The van der Waals surface area contributed by atoms with E-state index in [1.807, 2.05) is 6.07 Å². The molecule has 0 fully saturated rings. The largest absolute Gasteiger partial charge is 0.288 e. The summed E-state index contributed by atoms with van der Waals surface area (Å²) in [6, 6.07) is 1.81. The zero-order valence-corrected chi connectivity index (χ0v) is 9.19. The van der Waals surface area contributed by atoms with Gasteiger partial charge < -0.3 is 0 Å². The van der Waals surface area contributed by atoms with Crippen LogP contribution >= 0.6 is 46.1 Å². The molecule has 0 amide bonds. The number of rotatable bonds is 1. The molecular formula is C7H5Cl3OS. The fraction of sp³-hybridized carbons (Fsp3) is 0.286. The Hall–Kier alpha value is 0.240. The van der Waals surface area contributed by atoms with Crippen LogP contribution in [0.5, 0.6) is 0 Å². The van der Waals surface area contributed by atoms with E-state index in [-0.39, 0.29) is 0 Å². The highest BCUT2D eigenvalue weighted by Crippen LogP contribution is 2.33. The predicted octanol–water partition coefficient (Wildman–Crippen LogP) is 3.61. The molecule has 0 radical (unpaired) electrons. The Balaban J connectivity index is 3.01. The monoisotopic (exact) mass is 242 g/mol. The molecule has 0 aliphatic heterocycles. The molecule has 0 spiro atoms. The standard InChI is InChI=1S/C7H5Cl3OS/c1-4-2-3-12-5(4)6(11)7(8,9)10/h2-3H,1H3. The lowest BCUT2D eigenvalue weighted by molar-refractivity contribution is 0.0999. The summed E-state index contributed by atoms with van der Waals surface area (Å²) in [5, 5.41) is 1.79. The molecule has 1 heterocycles. The van der Waals surface area contributed by atoms with E-state index < -0.39 is 9.58 Å². The molecule has 0 N–H and O–H groups in total. The smallest absolute Gasteiger partial charge is 0.254 e. The van der Waals surface area contributed by atoms with Gasteiger partial charge in [0.25, 0.3) is 3.79 Å². The Morgan fingerprint density at radius 3 is 2.42 bits per heavy atom. The predicted molar refractivity (Wildman–Crippen MR) is 53.7 cm³/mol. The summed E-state index contributed by atoms with van der Waals surface area (Å²) in [5.74, 6) is -0.458. The third-order valence-corrected chi connectivity index (χ3v) is 2.86. The molecule has 0 aliphatic rings. The topological polar surface area (TPSA) is 17.1 Å². The molecule has 5 heteroatoms. The first kappa shape index (κ1) is 10.3. The zero-order valence-electron chi connectivity index (χ0n) is 6.11. The lowest BCUT2D eigenvalue weighted by atomic mass is 10.2. The Labute approximate surface area is 89.2 Å². The summed E-state index contributed by atoms with van der Waals surface area (Å²) < 4.78 is -1.84. The minimum Gasteiger partial charge on any atom is -0.288 e. The second-order valence-electron chi connectivity index (χ2n) is 2.26. The minimum absolute atomic E-state index is 0.458. The van der Waals surface area contributed by atoms with E-state index in [4.69, 9.17) is 34.8 Å². The number of thiophene rings is 1. The zero-order chi connectivity index (χ0) is 9.35. The molecular weight excluding hydrogens is 239 g/mol. The number of alkyl halides is 3. The van der Waals surface area contributed by atoms with Gasteiger partial charge in [-0.25, -0.2) is 0 Å². The lowest BCUT2D eigenvalue weighted by Gasteiger charge is -2.07. The van der Waals surface area contributed by atoms with Gasteiger partial charge in [-0.2, -0.15) is 0 Å². The van der Waals surface area contributed by atoms with Gasteiger partial charge >= 0.3 is 0 Å². The van der Waals surface area contributed by atoms with Crippen LogP contribution in [0, 0.1) is 6.92 Å². The van der Waals surface area contributed by atoms with Crippen LogP contribution in [0.15, 0.2) is 11.4 Å². The summed E-state index contributed by atoms with van der Waals surface area (Å²) >= 11 is 17.6. The van der Waals surface area contributed by atoms with Crippen molar-refractivity contribution in [3.8, 4) is 0 Å². The Bertz CT molecular complexity index is 300. The van der Waals surface area contributed by atoms with E-state index in [0.717, 1.165) is 5.56 Å². The van der Waals surface area contributed by atoms with Crippen molar-refractivity contribution < 1.29 is 4.79 Å². The summed E-state index contributed by atoms with van der Waals surface area (Å²) in [7, 11) is 0. The first-order chi connectivity index (χ1) is 5.43. The summed E-state index contributed by atoms with van der Waals surface area (Å²) in [4.78, 5) is 11.9. The number of aryl methyl sites for hydroxylation is 1. The van der Waals surface area contributed by atoms with Crippen molar-refractivity contribution in [1.82, 2.24) is 0 Å². The van der Waals surface area contributed by atoms with Crippen LogP contribution in [-0.4, -0.2) is 9.58 Å². The normalized spacial score (nSPS) is 11.7. The van der Waals surface area contributed by atoms with E-state index in [0.29, 0.717) is 4.88 Å². The average Bonchev–Trinajstić information content (AvgIpc) is 2.31. The molecule has 0 atom stereocenters. The van der Waals surface area contributed by atoms with Crippen LogP contribution in [0.3, 0.4) is 0 Å². The molecule has 0 aliphatic carbocycles. The van der Waals surface area contributed by atoms with E-state index in [1.54, 1.807) is 12.3 Å². The van der Waals surface area contributed by atoms with Crippen molar-refractivity contribution in [2.75, 3.05) is 0 Å². The highest BCUT2D eigenvalue weighted by Gasteiger charge is 2.33. The first-order valence-electron chi connectivity index (χ1n) is 3.08. The number of hydrogen-bond acceptors (Lipinski definition) is 2. The summed E-state index contributed by atoms with van der Waals surface area (Å²) in [6.45, 7) is 1.81. The molecule has 0 aromatic carbocycles. The fourth-order valence-electron chi connectivity index (χ4n) is 0.734. The SMILES string of the molecule is Cc1ccsc1C(=O)C(Cl)(Cl)Cl. The number of ketones is 1. The van der Waals surface area contributed by atoms with E-state index in [9.17, 15) is 4.79 Å². The van der Waals surface area contributed by atoms with E-state index in [2.05, 4.69) is 0 Å². The molecule has 0 saturated heterocycles. The van der Waals surface area contributed by atoms with Gasteiger partial charge in [-0.15, -0.1) is 11.3 Å². The maximum atomic E-state index is 11.4. The maximum absolute atomic E-state index is 11.4. The van der Waals surface area contributed by atoms with Crippen LogP contribution in [-0.2, 0) is 0 Å². The molecule has 0 bridgehead atoms. The second kappa shape index (κ2) is 3.54. The van der Waals surface area contributed by atoms with Crippen LogP contribution in [0.25, 0.3) is 0 Å². The highest BCUT2D eigenvalue weighted by atomic mass is 35.6. The van der Waals surface area contributed by atoms with Crippen molar-refractivity contribution in [3.05, 3.63) is 21.9 Å². The average molecular weight is 244 g/mol. The fourth-order valence-corrected chi connectivity index (χ4v) is 2.11. The van der Waals surface area contributed by atoms with Crippen LogP contribution in [0.4, 0.5) is 0 Å². The van der Waals surface area contributed by atoms with Gasteiger partial charge in [0, 0.05) is 0 Å². The number of carbonyl (C=O) groups excluding carboxylic acids is 1. The van der Waals surface area contributed by atoms with Gasteiger partial charge in [0.2, 0.25) is 5.78 Å². The summed E-state index contributed by atoms with van der Waals surface area (Å²) in [6.07, 6.45) is 0. The van der Waals surface area contributed by atoms with E-state index >= 15 is 0 Å². The quantitative estimate of drug-likeness (QED) is 0.544. The van der Waals surface area contributed by atoms with Gasteiger partial charge in [-0.1, -0.05) is 34.8 Å². The van der Waals surface area contributed by atoms with Gasteiger partial charge in [-0.05, 0) is 23.9 Å². The lowest BCUT2D eigenvalue weighted by Crippen LogP contribution is -2.18. The Kier molecular flexibility index (Phi) is 3.05. The van der Waals surface area contributed by atoms with Crippen molar-refractivity contribution in [2.24, 2.45) is 0 Å². The first-order valence-corrected chi connectivity index (χ1v) is 5.10. The van der Waals surface area contributed by atoms with Crippen molar-refractivity contribution >= 4 is 51.9 Å². The van der Waals surface area contributed by atoms with Gasteiger partial charge in [0.05, 0.1) is 4.88 Å². The number of Topliss-reactive ketones (excluding diaryl/α,β-unsaturated/α-hetero) is 1. The van der Waals surface area contributed by atoms with Crippen LogP contribution in [0.2, 0.25) is 0 Å². The van der Waals surface area contributed by atoms with E-state index in [1.165, 1.54) is 11.3 Å². The Morgan fingerprint density at radius 1 is 1.50 bits per heavy atom. The molecule has 12 heavy (non-hydrogen) atoms. The number of halogens is 3. The van der Waals surface area contributed by atoms with Gasteiger partial charge in [-0.3, -0.25) is 4.79 Å². The minimum atomic E-state index is -1.84. The maximum Gasteiger partial charge on any atom is 0.254 e. The number of carbonyl (C=O) groups is 1. The number of hydrogen-bond donors (Lipinski definition) is 0. The third kappa shape index (κ3) is 2.13. The second-order valence-corrected chi connectivity index (χ2v) is 5.46. The van der Waals surface area contributed by atoms with Gasteiger partial charge in [0.1, 0.15) is 0 Å². The third-order valence-electron chi connectivity index (χ3n) is 1.33. The Morgan fingerprint density at radius 2 is 2.08 bits per heavy atom. The summed E-state index contributed by atoms with van der Waals surface area (Å²) in [5.41, 5.74) is 0.844. The van der Waals surface area contributed by atoms with Crippen molar-refractivity contribution in [2.45, 2.75) is 10.7 Å². The molecule has 1 aromatic heterocycles. The van der Waals surface area contributed by atoms with Crippen LogP contribution < -0.4 is 0 Å². The molecule has 1 nitrogen and oxygen atoms in total.